The van der Waals surface area contributed by atoms with Crippen LogP contribution < -0.4 is 0 Å². The second-order valence-electron chi connectivity index (χ2n) is 7.04. The van der Waals surface area contributed by atoms with E-state index in [0.717, 1.165) is 33.2 Å². The first-order valence-corrected chi connectivity index (χ1v) is 10.3. The molecular formula is C20H18F3N5O2S. The molecule has 0 unspecified atom stereocenters. The standard InChI is InChI=1S/C20H18F3N5O2S/c1-12-5-7-13(8-6-12)14-10-15(16-4-3-9-30-16)28(26-14)17(29)11-31-19-25-24-18(27(19)2)20(21,22)23/h3-9,15H,10-11H2,1-2H3/t15-/m1/s1. The van der Waals surface area contributed by atoms with Gasteiger partial charge in [-0.25, -0.2) is 5.01 Å². The first-order chi connectivity index (χ1) is 14.7. The van der Waals surface area contributed by atoms with Gasteiger partial charge in [0.2, 0.25) is 5.82 Å². The van der Waals surface area contributed by atoms with Gasteiger partial charge in [0.15, 0.2) is 5.16 Å². The molecule has 1 amide bonds. The summed E-state index contributed by atoms with van der Waals surface area (Å²) in [4.78, 5) is 12.9. The monoisotopic (exact) mass is 449 g/mol. The molecule has 0 fully saturated rings. The zero-order valence-electron chi connectivity index (χ0n) is 16.6. The molecule has 1 aromatic carbocycles. The van der Waals surface area contributed by atoms with Crippen LogP contribution in [-0.2, 0) is 18.0 Å². The lowest BCUT2D eigenvalue weighted by Crippen LogP contribution is -2.28. The Labute approximate surface area is 179 Å². The summed E-state index contributed by atoms with van der Waals surface area (Å²) in [6.45, 7) is 1.98. The quantitative estimate of drug-likeness (QED) is 0.546. The lowest BCUT2D eigenvalue weighted by atomic mass is 10.0. The number of rotatable bonds is 5. The third kappa shape index (κ3) is 4.36. The van der Waals surface area contributed by atoms with Crippen LogP contribution in [0.4, 0.5) is 13.2 Å². The molecule has 0 saturated heterocycles. The number of alkyl halides is 3. The van der Waals surface area contributed by atoms with Gasteiger partial charge in [-0.1, -0.05) is 41.6 Å². The number of hydrogen-bond acceptors (Lipinski definition) is 6. The third-order valence-corrected chi connectivity index (χ3v) is 5.84. The van der Waals surface area contributed by atoms with Crippen molar-refractivity contribution >= 4 is 23.4 Å². The number of aryl methyl sites for hydroxylation is 1. The fourth-order valence-corrected chi connectivity index (χ4v) is 4.01. The molecule has 1 aliphatic heterocycles. The highest BCUT2D eigenvalue weighted by Crippen LogP contribution is 2.34. The van der Waals surface area contributed by atoms with E-state index >= 15 is 0 Å². The third-order valence-electron chi connectivity index (χ3n) is 4.84. The van der Waals surface area contributed by atoms with E-state index in [-0.39, 0.29) is 16.8 Å². The summed E-state index contributed by atoms with van der Waals surface area (Å²) in [5.41, 5.74) is 2.74. The largest absolute Gasteiger partial charge is 0.467 e. The van der Waals surface area contributed by atoms with Gasteiger partial charge in [0.1, 0.15) is 11.8 Å². The molecule has 2 aromatic heterocycles. The highest BCUT2D eigenvalue weighted by atomic mass is 32.2. The van der Waals surface area contributed by atoms with Crippen LogP contribution in [0.5, 0.6) is 0 Å². The first-order valence-electron chi connectivity index (χ1n) is 9.33. The Bertz CT molecular complexity index is 1110. The highest BCUT2D eigenvalue weighted by molar-refractivity contribution is 7.99. The highest BCUT2D eigenvalue weighted by Gasteiger charge is 2.38. The van der Waals surface area contributed by atoms with E-state index in [1.54, 1.807) is 12.1 Å². The maximum absolute atomic E-state index is 12.9. The van der Waals surface area contributed by atoms with E-state index in [4.69, 9.17) is 4.42 Å². The van der Waals surface area contributed by atoms with E-state index in [2.05, 4.69) is 15.3 Å². The lowest BCUT2D eigenvalue weighted by Gasteiger charge is -2.19. The number of thioether (sulfide) groups is 1. The molecule has 162 valence electrons. The minimum absolute atomic E-state index is 0.00263. The van der Waals surface area contributed by atoms with Crippen molar-refractivity contribution in [3.8, 4) is 0 Å². The predicted octanol–water partition coefficient (Wildman–Crippen LogP) is 4.21. The van der Waals surface area contributed by atoms with Crippen LogP contribution in [0.2, 0.25) is 0 Å². The van der Waals surface area contributed by atoms with Crippen molar-refractivity contribution in [1.29, 1.82) is 0 Å². The zero-order chi connectivity index (χ0) is 22.2. The summed E-state index contributed by atoms with van der Waals surface area (Å²) in [6.07, 6.45) is -2.62. The number of furan rings is 1. The Hall–Kier alpha value is -3.08. The van der Waals surface area contributed by atoms with Crippen molar-refractivity contribution in [2.75, 3.05) is 5.75 Å². The molecule has 31 heavy (non-hydrogen) atoms. The normalized spacial score (nSPS) is 16.6. The topological polar surface area (TPSA) is 76.5 Å². The molecule has 3 aromatic rings. The van der Waals surface area contributed by atoms with Crippen LogP contribution in [0, 0.1) is 6.92 Å². The molecule has 1 aliphatic rings. The molecular weight excluding hydrogens is 431 g/mol. The van der Waals surface area contributed by atoms with Gasteiger partial charge < -0.3 is 8.98 Å². The SMILES string of the molecule is Cc1ccc(C2=NN(C(=O)CSc3nnc(C(F)(F)F)n3C)[C@@H](c3ccco3)C2)cc1. The number of hydrazone groups is 1. The second kappa shape index (κ2) is 8.22. The zero-order valence-corrected chi connectivity index (χ0v) is 17.4. The van der Waals surface area contributed by atoms with Crippen molar-refractivity contribution < 1.29 is 22.4 Å². The molecule has 0 spiro atoms. The van der Waals surface area contributed by atoms with Gasteiger partial charge >= 0.3 is 6.18 Å². The Kier molecular flexibility index (Phi) is 5.61. The van der Waals surface area contributed by atoms with Gasteiger partial charge in [-0.05, 0) is 24.6 Å². The fourth-order valence-electron chi connectivity index (χ4n) is 3.24. The minimum atomic E-state index is -4.61. The number of aromatic nitrogens is 3. The molecule has 7 nitrogen and oxygen atoms in total. The molecule has 0 N–H and O–H groups in total. The van der Waals surface area contributed by atoms with Crippen LogP contribution in [0.3, 0.4) is 0 Å². The van der Waals surface area contributed by atoms with Crippen LogP contribution in [0.1, 0.15) is 35.2 Å². The van der Waals surface area contributed by atoms with E-state index in [0.29, 0.717) is 12.2 Å². The van der Waals surface area contributed by atoms with Crippen molar-refractivity contribution in [3.63, 3.8) is 0 Å². The number of nitrogens with zero attached hydrogens (tertiary/aromatic N) is 5. The predicted molar refractivity (Wildman–Crippen MR) is 107 cm³/mol. The molecule has 1 atom stereocenters. The molecule has 4 rings (SSSR count). The van der Waals surface area contributed by atoms with Crippen molar-refractivity contribution in [2.24, 2.45) is 12.1 Å². The van der Waals surface area contributed by atoms with Gasteiger partial charge in [0.05, 0.1) is 17.7 Å². The van der Waals surface area contributed by atoms with Crippen LogP contribution >= 0.6 is 11.8 Å². The average molecular weight is 449 g/mol. The van der Waals surface area contributed by atoms with E-state index in [1.165, 1.54) is 18.3 Å². The summed E-state index contributed by atoms with van der Waals surface area (Å²) in [5, 5.41) is 12.6. The van der Waals surface area contributed by atoms with Crippen molar-refractivity contribution in [2.45, 2.75) is 30.7 Å². The van der Waals surface area contributed by atoms with E-state index in [1.807, 2.05) is 31.2 Å². The number of carbonyl (C=O) groups is 1. The summed E-state index contributed by atoms with van der Waals surface area (Å²) in [5.74, 6) is -1.05. The maximum atomic E-state index is 12.9. The van der Waals surface area contributed by atoms with Gasteiger partial charge in [-0.3, -0.25) is 4.79 Å². The van der Waals surface area contributed by atoms with Crippen LogP contribution in [-0.4, -0.2) is 37.1 Å². The average Bonchev–Trinajstić information content (AvgIpc) is 3.45. The van der Waals surface area contributed by atoms with Crippen molar-refractivity contribution in [3.05, 3.63) is 65.4 Å². The Morgan fingerprint density at radius 1 is 1.23 bits per heavy atom. The number of benzene rings is 1. The number of halogens is 3. The lowest BCUT2D eigenvalue weighted by molar-refractivity contribution is -0.147. The van der Waals surface area contributed by atoms with E-state index in [9.17, 15) is 18.0 Å². The summed E-state index contributed by atoms with van der Waals surface area (Å²) in [7, 11) is 1.21. The van der Waals surface area contributed by atoms with Gasteiger partial charge in [-0.2, -0.15) is 18.3 Å². The maximum Gasteiger partial charge on any atom is 0.451 e. The van der Waals surface area contributed by atoms with Gasteiger partial charge in [-0.15, -0.1) is 10.2 Å². The molecule has 3 heterocycles. The first kappa shape index (κ1) is 21.2. The Morgan fingerprint density at radius 2 is 1.97 bits per heavy atom. The molecule has 0 radical (unpaired) electrons. The molecule has 0 aliphatic carbocycles. The van der Waals surface area contributed by atoms with E-state index < -0.39 is 18.0 Å². The summed E-state index contributed by atoms with van der Waals surface area (Å²) < 4.78 is 45.0. The summed E-state index contributed by atoms with van der Waals surface area (Å²) >= 11 is 0.875. The van der Waals surface area contributed by atoms with Crippen molar-refractivity contribution in [1.82, 2.24) is 19.8 Å². The number of amides is 1. The molecule has 11 heteroatoms. The molecule has 0 saturated carbocycles. The minimum Gasteiger partial charge on any atom is -0.467 e. The molecule has 0 bridgehead atoms. The van der Waals surface area contributed by atoms with Gasteiger partial charge in [0.25, 0.3) is 5.91 Å². The summed E-state index contributed by atoms with van der Waals surface area (Å²) in [6, 6.07) is 10.9. The van der Waals surface area contributed by atoms with Gasteiger partial charge in [0, 0.05) is 13.5 Å². The fraction of sp³-hybridized carbons (Fsp3) is 0.300. The smallest absolute Gasteiger partial charge is 0.451 e. The number of carbonyl (C=O) groups excluding carboxylic acids is 1. The Balaban J connectivity index is 1.54. The van der Waals surface area contributed by atoms with Crippen LogP contribution in [0.15, 0.2) is 57.3 Å². The second-order valence-corrected chi connectivity index (χ2v) is 7.98. The van der Waals surface area contributed by atoms with Crippen LogP contribution in [0.25, 0.3) is 0 Å². The number of hydrogen-bond donors (Lipinski definition) is 0. The Morgan fingerprint density at radius 3 is 2.58 bits per heavy atom.